The van der Waals surface area contributed by atoms with Crippen LogP contribution in [0, 0.1) is 0 Å². The molecule has 1 fully saturated rings. The van der Waals surface area contributed by atoms with Crippen LogP contribution in [0.1, 0.15) is 35.2 Å². The standard InChI is InChI=1S/C21H26N2O3/c1-26-19-7-5-6-18(20(19)24)21(25)22-13-12-16-8-10-17(11-9-16)23-14-3-2-4-15-23/h5-11,24H,2-4,12-15H2,1H3,(H,22,25). The van der Waals surface area contributed by atoms with Gasteiger partial charge in [-0.25, -0.2) is 0 Å². The van der Waals surface area contributed by atoms with Gasteiger partial charge in [0.2, 0.25) is 0 Å². The number of phenolic OH excluding ortho intramolecular Hbond substituents is 1. The highest BCUT2D eigenvalue weighted by molar-refractivity contribution is 5.97. The van der Waals surface area contributed by atoms with E-state index in [0.717, 1.165) is 19.5 Å². The quantitative estimate of drug-likeness (QED) is 0.835. The molecule has 1 aliphatic heterocycles. The summed E-state index contributed by atoms with van der Waals surface area (Å²) in [6, 6.07) is 13.5. The van der Waals surface area contributed by atoms with Gasteiger partial charge in [-0.2, -0.15) is 0 Å². The molecule has 3 rings (SSSR count). The van der Waals surface area contributed by atoms with Gasteiger partial charge in [0.15, 0.2) is 11.5 Å². The van der Waals surface area contributed by atoms with E-state index in [4.69, 9.17) is 4.74 Å². The van der Waals surface area contributed by atoms with Crippen molar-refractivity contribution in [3.8, 4) is 11.5 Å². The summed E-state index contributed by atoms with van der Waals surface area (Å²) in [7, 11) is 1.46. The number of phenols is 1. The molecular weight excluding hydrogens is 328 g/mol. The number of hydrogen-bond donors (Lipinski definition) is 2. The van der Waals surface area contributed by atoms with Gasteiger partial charge in [0.25, 0.3) is 5.91 Å². The number of amides is 1. The zero-order valence-corrected chi connectivity index (χ0v) is 15.2. The Hall–Kier alpha value is -2.69. The summed E-state index contributed by atoms with van der Waals surface area (Å²) >= 11 is 0. The summed E-state index contributed by atoms with van der Waals surface area (Å²) in [5.74, 6) is -0.129. The summed E-state index contributed by atoms with van der Waals surface area (Å²) in [5, 5.41) is 12.9. The number of carbonyl (C=O) groups is 1. The fourth-order valence-corrected chi connectivity index (χ4v) is 3.31. The van der Waals surface area contributed by atoms with E-state index in [2.05, 4.69) is 34.5 Å². The number of methoxy groups -OCH3 is 1. The lowest BCUT2D eigenvalue weighted by Crippen LogP contribution is -2.29. The second-order valence-electron chi connectivity index (χ2n) is 6.58. The van der Waals surface area contributed by atoms with Gasteiger partial charge in [-0.15, -0.1) is 0 Å². The van der Waals surface area contributed by atoms with Crippen molar-refractivity contribution in [2.75, 3.05) is 31.6 Å². The van der Waals surface area contributed by atoms with Crippen molar-refractivity contribution in [1.29, 1.82) is 0 Å². The third-order valence-electron chi connectivity index (χ3n) is 4.82. The average molecular weight is 354 g/mol. The predicted octanol–water partition coefficient (Wildman–Crippen LogP) is 3.36. The van der Waals surface area contributed by atoms with Crippen LogP contribution in [0.25, 0.3) is 0 Å². The Labute approximate surface area is 154 Å². The third kappa shape index (κ3) is 4.28. The Morgan fingerprint density at radius 1 is 1.12 bits per heavy atom. The maximum absolute atomic E-state index is 12.3. The molecule has 0 bridgehead atoms. The van der Waals surface area contributed by atoms with Crippen LogP contribution in [-0.4, -0.2) is 37.8 Å². The van der Waals surface area contributed by atoms with Crippen LogP contribution in [0.5, 0.6) is 11.5 Å². The fourth-order valence-electron chi connectivity index (χ4n) is 3.31. The van der Waals surface area contributed by atoms with E-state index >= 15 is 0 Å². The lowest BCUT2D eigenvalue weighted by molar-refractivity contribution is 0.0951. The predicted molar refractivity (Wildman–Crippen MR) is 103 cm³/mol. The molecule has 1 aliphatic rings. The van der Waals surface area contributed by atoms with Crippen molar-refractivity contribution in [2.24, 2.45) is 0 Å². The van der Waals surface area contributed by atoms with E-state index in [1.165, 1.54) is 37.6 Å². The molecule has 5 nitrogen and oxygen atoms in total. The fraction of sp³-hybridized carbons (Fsp3) is 0.381. The van der Waals surface area contributed by atoms with Crippen LogP contribution < -0.4 is 15.0 Å². The Kier molecular flexibility index (Phi) is 6.00. The minimum absolute atomic E-state index is 0.126. The van der Waals surface area contributed by atoms with E-state index in [-0.39, 0.29) is 17.2 Å². The van der Waals surface area contributed by atoms with Gasteiger partial charge >= 0.3 is 0 Å². The maximum Gasteiger partial charge on any atom is 0.255 e. The molecule has 1 saturated heterocycles. The molecular formula is C21H26N2O3. The van der Waals surface area contributed by atoms with E-state index < -0.39 is 0 Å². The normalized spacial score (nSPS) is 14.1. The first-order valence-electron chi connectivity index (χ1n) is 9.17. The second kappa shape index (κ2) is 8.61. The van der Waals surface area contributed by atoms with Crippen molar-refractivity contribution >= 4 is 11.6 Å². The summed E-state index contributed by atoms with van der Waals surface area (Å²) in [6.07, 6.45) is 4.61. The molecule has 2 aromatic rings. The number of aromatic hydroxyl groups is 1. The van der Waals surface area contributed by atoms with Crippen LogP contribution in [0.3, 0.4) is 0 Å². The van der Waals surface area contributed by atoms with Crippen LogP contribution >= 0.6 is 0 Å². The molecule has 26 heavy (non-hydrogen) atoms. The largest absolute Gasteiger partial charge is 0.504 e. The highest BCUT2D eigenvalue weighted by atomic mass is 16.5. The number of carbonyl (C=O) groups excluding carboxylic acids is 1. The number of ether oxygens (including phenoxy) is 1. The molecule has 0 unspecified atom stereocenters. The topological polar surface area (TPSA) is 61.8 Å². The molecule has 1 heterocycles. The molecule has 0 atom stereocenters. The zero-order valence-electron chi connectivity index (χ0n) is 15.2. The number of para-hydroxylation sites is 1. The van der Waals surface area contributed by atoms with Gasteiger partial charge < -0.3 is 20.1 Å². The van der Waals surface area contributed by atoms with Crippen molar-refractivity contribution in [3.05, 3.63) is 53.6 Å². The molecule has 2 aromatic carbocycles. The minimum Gasteiger partial charge on any atom is -0.504 e. The van der Waals surface area contributed by atoms with Gasteiger partial charge in [0.05, 0.1) is 12.7 Å². The lowest BCUT2D eigenvalue weighted by Gasteiger charge is -2.28. The molecule has 1 amide bonds. The number of anilines is 1. The molecule has 0 spiro atoms. The van der Waals surface area contributed by atoms with Gasteiger partial charge in [-0.1, -0.05) is 18.2 Å². The van der Waals surface area contributed by atoms with Crippen LogP contribution in [-0.2, 0) is 6.42 Å². The van der Waals surface area contributed by atoms with Crippen LogP contribution in [0.2, 0.25) is 0 Å². The van der Waals surface area contributed by atoms with Gasteiger partial charge in [0.1, 0.15) is 0 Å². The number of rotatable bonds is 6. The zero-order chi connectivity index (χ0) is 18.4. The molecule has 0 aliphatic carbocycles. The Morgan fingerprint density at radius 3 is 2.54 bits per heavy atom. The number of benzene rings is 2. The van der Waals surface area contributed by atoms with E-state index in [9.17, 15) is 9.90 Å². The maximum atomic E-state index is 12.3. The average Bonchev–Trinajstić information content (AvgIpc) is 2.69. The second-order valence-corrected chi connectivity index (χ2v) is 6.58. The minimum atomic E-state index is -0.300. The SMILES string of the molecule is COc1cccc(C(=O)NCCc2ccc(N3CCCCC3)cc2)c1O. The molecule has 138 valence electrons. The van der Waals surface area contributed by atoms with Crippen molar-refractivity contribution < 1.29 is 14.6 Å². The highest BCUT2D eigenvalue weighted by Crippen LogP contribution is 2.29. The molecule has 0 radical (unpaired) electrons. The van der Waals surface area contributed by atoms with Crippen molar-refractivity contribution in [2.45, 2.75) is 25.7 Å². The van der Waals surface area contributed by atoms with Gasteiger partial charge in [0, 0.05) is 25.3 Å². The van der Waals surface area contributed by atoms with Crippen LogP contribution in [0.15, 0.2) is 42.5 Å². The van der Waals surface area contributed by atoms with Crippen molar-refractivity contribution in [1.82, 2.24) is 5.32 Å². The molecule has 5 heteroatoms. The first-order chi connectivity index (χ1) is 12.7. The molecule has 2 N–H and O–H groups in total. The molecule has 0 saturated carbocycles. The number of nitrogens with zero attached hydrogens (tertiary/aromatic N) is 1. The van der Waals surface area contributed by atoms with E-state index in [1.807, 2.05) is 0 Å². The summed E-state index contributed by atoms with van der Waals surface area (Å²) < 4.78 is 5.04. The Balaban J connectivity index is 1.52. The van der Waals surface area contributed by atoms with Crippen molar-refractivity contribution in [3.63, 3.8) is 0 Å². The van der Waals surface area contributed by atoms with Gasteiger partial charge in [-0.3, -0.25) is 4.79 Å². The summed E-state index contributed by atoms with van der Waals surface area (Å²) in [6.45, 7) is 2.79. The van der Waals surface area contributed by atoms with E-state index in [0.29, 0.717) is 12.3 Å². The monoisotopic (exact) mass is 354 g/mol. The molecule has 0 aromatic heterocycles. The summed E-state index contributed by atoms with van der Waals surface area (Å²) in [4.78, 5) is 14.7. The first kappa shape index (κ1) is 18.1. The number of hydrogen-bond acceptors (Lipinski definition) is 4. The lowest BCUT2D eigenvalue weighted by atomic mass is 10.1. The summed E-state index contributed by atoms with van der Waals surface area (Å²) in [5.41, 5.74) is 2.68. The number of nitrogens with one attached hydrogen (secondary N) is 1. The van der Waals surface area contributed by atoms with Crippen LogP contribution in [0.4, 0.5) is 5.69 Å². The smallest absolute Gasteiger partial charge is 0.255 e. The third-order valence-corrected chi connectivity index (χ3v) is 4.82. The highest BCUT2D eigenvalue weighted by Gasteiger charge is 2.14. The Bertz CT molecular complexity index is 737. The van der Waals surface area contributed by atoms with Gasteiger partial charge in [-0.05, 0) is 55.5 Å². The number of piperidine rings is 1. The first-order valence-corrected chi connectivity index (χ1v) is 9.17. The Morgan fingerprint density at radius 2 is 1.85 bits per heavy atom. The van der Waals surface area contributed by atoms with E-state index in [1.54, 1.807) is 18.2 Å².